The summed E-state index contributed by atoms with van der Waals surface area (Å²) < 4.78 is 0. The molecule has 0 saturated carbocycles. The maximum Gasteiger partial charge on any atom is 0.248 e. The number of hydrogen-bond acceptors (Lipinski definition) is 5. The predicted octanol–water partition coefficient (Wildman–Crippen LogP) is -0.573. The molecule has 0 spiro atoms. The largest absolute Gasteiger partial charge is 0.381 e. The molecule has 0 aliphatic carbocycles. The van der Waals surface area contributed by atoms with E-state index >= 15 is 0 Å². The van der Waals surface area contributed by atoms with Crippen LogP contribution < -0.4 is 11.1 Å². The predicted molar refractivity (Wildman–Crippen MR) is 64.1 cm³/mol. The third kappa shape index (κ3) is 4.75. The number of aliphatic hydroxyl groups excluding tert-OH is 1. The van der Waals surface area contributed by atoms with E-state index in [1.165, 1.54) is 17.4 Å². The number of rotatable bonds is 5. The fourth-order valence-corrected chi connectivity index (χ4v) is 1.56. The van der Waals surface area contributed by atoms with Crippen LogP contribution in [0.15, 0.2) is 11.5 Å². The van der Waals surface area contributed by atoms with E-state index in [0.717, 1.165) is 5.01 Å². The van der Waals surface area contributed by atoms with E-state index in [9.17, 15) is 9.59 Å². The van der Waals surface area contributed by atoms with Crippen LogP contribution in [0.4, 0.5) is 0 Å². The lowest BCUT2D eigenvalue weighted by atomic mass is 10.3. The maximum atomic E-state index is 11.3. The van der Waals surface area contributed by atoms with E-state index in [1.54, 1.807) is 6.08 Å². The lowest BCUT2D eigenvalue weighted by Gasteiger charge is -2.05. The molecule has 4 N–H and O–H groups in total. The fourth-order valence-electron chi connectivity index (χ4n) is 0.975. The Labute approximate surface area is 102 Å². The number of carbonyl (C=O) groups excluding carboxylic acids is 2. The molecule has 0 radical (unpaired) electrons. The van der Waals surface area contributed by atoms with Crippen molar-refractivity contribution >= 4 is 29.2 Å². The average molecular weight is 255 g/mol. The third-order valence-electron chi connectivity index (χ3n) is 1.84. The number of aliphatic hydroxyl groups is 1. The topological polar surface area (TPSA) is 105 Å². The first-order valence-corrected chi connectivity index (χ1v) is 5.72. The summed E-state index contributed by atoms with van der Waals surface area (Å²) in [6.45, 7) is 1.67. The normalized spacial score (nSPS) is 12.6. The summed E-state index contributed by atoms with van der Waals surface area (Å²) in [6, 6.07) is 0. The van der Waals surface area contributed by atoms with E-state index in [2.05, 4.69) is 10.3 Å². The lowest BCUT2D eigenvalue weighted by molar-refractivity contribution is -0.126. The highest BCUT2D eigenvalue weighted by Crippen LogP contribution is 2.08. The second-order valence-corrected chi connectivity index (χ2v) is 4.35. The summed E-state index contributed by atoms with van der Waals surface area (Å²) in [7, 11) is 0. The number of nitrogens with two attached hydrogens (primary N) is 1. The van der Waals surface area contributed by atoms with E-state index in [-0.39, 0.29) is 6.54 Å². The van der Waals surface area contributed by atoms with Crippen LogP contribution in [-0.4, -0.2) is 34.6 Å². The Kier molecular flexibility index (Phi) is 4.80. The summed E-state index contributed by atoms with van der Waals surface area (Å²) >= 11 is 1.48. The van der Waals surface area contributed by atoms with Crippen molar-refractivity contribution in [3.05, 3.63) is 22.2 Å². The number of nitrogens with one attached hydrogen (secondary N) is 1. The molecule has 0 aliphatic heterocycles. The van der Waals surface area contributed by atoms with Crippen LogP contribution in [0.2, 0.25) is 0 Å². The number of carbonyl (C=O) groups is 2. The molecule has 0 saturated heterocycles. The zero-order valence-corrected chi connectivity index (χ0v) is 10.0. The van der Waals surface area contributed by atoms with E-state index in [0.29, 0.717) is 5.69 Å². The van der Waals surface area contributed by atoms with Crippen molar-refractivity contribution in [2.24, 2.45) is 5.73 Å². The molecule has 92 valence electrons. The van der Waals surface area contributed by atoms with Gasteiger partial charge in [-0.05, 0) is 13.0 Å². The summed E-state index contributed by atoms with van der Waals surface area (Å²) in [5.74, 6) is -1.29. The first kappa shape index (κ1) is 13.3. The number of aromatic nitrogens is 1. The van der Waals surface area contributed by atoms with Gasteiger partial charge < -0.3 is 16.2 Å². The molecular formula is C10H13N3O3S. The highest BCUT2D eigenvalue weighted by atomic mass is 32.1. The Hall–Kier alpha value is -1.73. The van der Waals surface area contributed by atoms with Crippen molar-refractivity contribution in [1.29, 1.82) is 0 Å². The zero-order chi connectivity index (χ0) is 12.8. The number of primary amides is 1. The van der Waals surface area contributed by atoms with Gasteiger partial charge in [-0.2, -0.15) is 0 Å². The minimum absolute atomic E-state index is 0.200. The minimum atomic E-state index is -1.37. The molecule has 0 fully saturated rings. The second-order valence-electron chi connectivity index (χ2n) is 3.29. The molecule has 0 aromatic carbocycles. The van der Waals surface area contributed by atoms with Crippen LogP contribution in [0, 0.1) is 6.92 Å². The highest BCUT2D eigenvalue weighted by molar-refractivity contribution is 7.09. The standard InChI is InChI=1S/C10H13N3O3S/c1-6-13-7(5-17-6)2-3-9(15)12-4-8(14)10(11)16/h2-3,5,8,14H,4H2,1H3,(H2,11,16)(H,12,15)/b3-2+. The Morgan fingerprint density at radius 3 is 2.94 bits per heavy atom. The first-order valence-electron chi connectivity index (χ1n) is 4.84. The van der Waals surface area contributed by atoms with Crippen molar-refractivity contribution in [1.82, 2.24) is 10.3 Å². The van der Waals surface area contributed by atoms with Gasteiger partial charge in [0.1, 0.15) is 6.10 Å². The number of amides is 2. The smallest absolute Gasteiger partial charge is 0.248 e. The molecule has 0 aliphatic rings. The molecule has 6 nitrogen and oxygen atoms in total. The van der Waals surface area contributed by atoms with Crippen molar-refractivity contribution in [2.75, 3.05) is 6.54 Å². The summed E-state index contributed by atoms with van der Waals surface area (Å²) in [4.78, 5) is 25.9. The van der Waals surface area contributed by atoms with Crippen LogP contribution in [0.5, 0.6) is 0 Å². The first-order chi connectivity index (χ1) is 7.99. The van der Waals surface area contributed by atoms with Crippen molar-refractivity contribution in [3.63, 3.8) is 0 Å². The van der Waals surface area contributed by atoms with Crippen LogP contribution >= 0.6 is 11.3 Å². The molecule has 1 unspecified atom stereocenters. The molecule has 1 rings (SSSR count). The lowest BCUT2D eigenvalue weighted by Crippen LogP contribution is -2.39. The molecule has 1 aromatic heterocycles. The fraction of sp³-hybridized carbons (Fsp3) is 0.300. The van der Waals surface area contributed by atoms with Crippen molar-refractivity contribution < 1.29 is 14.7 Å². The Bertz CT molecular complexity index is 442. The second kappa shape index (κ2) is 6.12. The third-order valence-corrected chi connectivity index (χ3v) is 2.63. The van der Waals surface area contributed by atoms with Crippen molar-refractivity contribution in [3.8, 4) is 0 Å². The average Bonchev–Trinajstić information content (AvgIpc) is 2.69. The molecular weight excluding hydrogens is 242 g/mol. The molecule has 2 amide bonds. The van der Waals surface area contributed by atoms with Crippen LogP contribution in [-0.2, 0) is 9.59 Å². The van der Waals surface area contributed by atoms with Gasteiger partial charge in [-0.15, -0.1) is 11.3 Å². The molecule has 0 bridgehead atoms. The Balaban J connectivity index is 2.39. The van der Waals surface area contributed by atoms with Gasteiger partial charge >= 0.3 is 0 Å². The summed E-state index contributed by atoms with van der Waals surface area (Å²) in [5.41, 5.74) is 5.52. The van der Waals surface area contributed by atoms with Gasteiger partial charge in [-0.25, -0.2) is 4.98 Å². The monoisotopic (exact) mass is 255 g/mol. The van der Waals surface area contributed by atoms with Gasteiger partial charge in [0.25, 0.3) is 0 Å². The van der Waals surface area contributed by atoms with Gasteiger partial charge in [0.15, 0.2) is 0 Å². The molecule has 7 heteroatoms. The quantitative estimate of drug-likeness (QED) is 0.612. The van der Waals surface area contributed by atoms with Gasteiger partial charge in [-0.1, -0.05) is 0 Å². The van der Waals surface area contributed by atoms with E-state index in [4.69, 9.17) is 10.8 Å². The minimum Gasteiger partial charge on any atom is -0.381 e. The number of aryl methyl sites for hydroxylation is 1. The highest BCUT2D eigenvalue weighted by Gasteiger charge is 2.10. The van der Waals surface area contributed by atoms with Crippen molar-refractivity contribution in [2.45, 2.75) is 13.0 Å². The van der Waals surface area contributed by atoms with Crippen LogP contribution in [0.1, 0.15) is 10.7 Å². The molecule has 1 heterocycles. The Morgan fingerprint density at radius 1 is 1.71 bits per heavy atom. The van der Waals surface area contributed by atoms with Crippen LogP contribution in [0.25, 0.3) is 6.08 Å². The van der Waals surface area contributed by atoms with Gasteiger partial charge in [-0.3, -0.25) is 9.59 Å². The SMILES string of the molecule is Cc1nc(/C=C/C(=O)NCC(O)C(N)=O)cs1. The molecule has 1 aromatic rings. The van der Waals surface area contributed by atoms with Gasteiger partial charge in [0.2, 0.25) is 11.8 Å². The summed E-state index contributed by atoms with van der Waals surface area (Å²) in [5, 5.41) is 14.1. The molecule has 17 heavy (non-hydrogen) atoms. The molecule has 1 atom stereocenters. The summed E-state index contributed by atoms with van der Waals surface area (Å²) in [6.07, 6.45) is 1.46. The maximum absolute atomic E-state index is 11.3. The number of thiazole rings is 1. The zero-order valence-electron chi connectivity index (χ0n) is 9.21. The van der Waals surface area contributed by atoms with Crippen LogP contribution in [0.3, 0.4) is 0 Å². The number of hydrogen-bond donors (Lipinski definition) is 3. The van der Waals surface area contributed by atoms with E-state index < -0.39 is 17.9 Å². The number of nitrogens with zero attached hydrogens (tertiary/aromatic N) is 1. The van der Waals surface area contributed by atoms with Gasteiger partial charge in [0, 0.05) is 11.5 Å². The van der Waals surface area contributed by atoms with E-state index in [1.807, 2.05) is 12.3 Å². The Morgan fingerprint density at radius 2 is 2.41 bits per heavy atom. The van der Waals surface area contributed by atoms with Gasteiger partial charge in [0.05, 0.1) is 17.2 Å².